The van der Waals surface area contributed by atoms with E-state index in [-0.39, 0.29) is 25.3 Å². The third kappa shape index (κ3) is 11.8. The molecule has 15 heteroatoms. The van der Waals surface area contributed by atoms with Crippen LogP contribution in [0.4, 0.5) is 4.79 Å². The average Bonchev–Trinajstić information content (AvgIpc) is 3.39. The minimum atomic E-state index is -3.73. The Kier molecular flexibility index (Phi) is 14.6. The summed E-state index contributed by atoms with van der Waals surface area (Å²) in [4.78, 5) is 29.3. The van der Waals surface area contributed by atoms with Crippen LogP contribution in [0.3, 0.4) is 0 Å². The molecule has 0 saturated carbocycles. The fraction of sp³-hybridized carbons (Fsp3) is 0.343. The molecule has 3 N–H and O–H groups in total. The van der Waals surface area contributed by atoms with Crippen molar-refractivity contribution in [2.75, 3.05) is 19.3 Å². The van der Waals surface area contributed by atoms with Crippen LogP contribution in [0.1, 0.15) is 56.3 Å². The number of nitrogens with zero attached hydrogens (tertiary/aromatic N) is 2. The van der Waals surface area contributed by atoms with Gasteiger partial charge in [0.15, 0.2) is 12.7 Å². The summed E-state index contributed by atoms with van der Waals surface area (Å²) in [7, 11) is -3.73. The largest absolute Gasteiger partial charge is 0.464 e. The average molecular weight is 764 g/mol. The molecule has 4 rings (SSSR count). The number of aromatic nitrogens is 2. The molecule has 0 saturated heterocycles. The number of nitrogens with two attached hydrogens (primary N) is 1. The normalized spacial score (nSPS) is 13.1. The van der Waals surface area contributed by atoms with Crippen LogP contribution in [-0.2, 0) is 43.1 Å². The number of carbonyl (C=O) groups is 2. The zero-order valence-corrected chi connectivity index (χ0v) is 31.5. The van der Waals surface area contributed by atoms with Crippen LogP contribution < -0.4 is 15.6 Å². The Morgan fingerprint density at radius 3 is 2.26 bits per heavy atom. The lowest BCUT2D eigenvalue weighted by molar-refractivity contribution is -0.150. The van der Waals surface area contributed by atoms with Crippen molar-refractivity contribution in [1.29, 1.82) is 0 Å². The summed E-state index contributed by atoms with van der Waals surface area (Å²) in [5.74, 6) is 0.390. The van der Waals surface area contributed by atoms with Gasteiger partial charge in [0.25, 0.3) is 0 Å². The summed E-state index contributed by atoms with van der Waals surface area (Å²) in [5, 5.41) is 5.19. The molecule has 11 nitrogen and oxygen atoms in total. The predicted molar refractivity (Wildman–Crippen MR) is 195 cm³/mol. The standard InChI is InChI=1S/C35H41Cl2N4O7PS/c1-5-45-34(42)24(4)47-49(44,48-29-9-7-6-8-10-29)16-15-39-20-25-11-13-26(14-12-25)21-41-31(22-46-35(38)43)40-32(23(2)3)33(41)50-30-18-27(36)17-28(37)19-30/h6-14,17-19,23-24,39H,5,15-16,20-22H2,1-4H3,(H2,38,43)/t24-,49?/m0/s1. The van der Waals surface area contributed by atoms with Gasteiger partial charge in [-0.3, -0.25) is 4.52 Å². The number of amides is 1. The topological polar surface area (TPSA) is 144 Å². The fourth-order valence-electron chi connectivity index (χ4n) is 4.79. The van der Waals surface area contributed by atoms with Crippen LogP contribution in [0.2, 0.25) is 10.0 Å². The van der Waals surface area contributed by atoms with E-state index in [4.69, 9.17) is 52.4 Å². The molecule has 1 unspecified atom stereocenters. The van der Waals surface area contributed by atoms with Crippen molar-refractivity contribution in [3.63, 3.8) is 0 Å². The first kappa shape index (κ1) is 39.3. The molecule has 0 aliphatic heterocycles. The summed E-state index contributed by atoms with van der Waals surface area (Å²) in [5.41, 5.74) is 8.09. The smallest absolute Gasteiger partial charge is 0.404 e. The van der Waals surface area contributed by atoms with E-state index >= 15 is 0 Å². The van der Waals surface area contributed by atoms with Crippen LogP contribution in [0.25, 0.3) is 0 Å². The zero-order chi connectivity index (χ0) is 36.3. The van der Waals surface area contributed by atoms with E-state index in [1.807, 2.05) is 60.9 Å². The number of rotatable bonds is 18. The number of primary amides is 1. The molecular formula is C35H41Cl2N4O7PS. The van der Waals surface area contributed by atoms with Crippen LogP contribution in [0, 0.1) is 0 Å². The molecule has 1 heterocycles. The molecule has 0 bridgehead atoms. The molecular weight excluding hydrogens is 722 g/mol. The summed E-state index contributed by atoms with van der Waals surface area (Å²) >= 11 is 14.1. The van der Waals surface area contributed by atoms with E-state index in [1.54, 1.807) is 37.3 Å². The highest BCUT2D eigenvalue weighted by molar-refractivity contribution is 7.99. The first-order valence-corrected chi connectivity index (χ1v) is 19.3. The quantitative estimate of drug-likeness (QED) is 0.0576. The van der Waals surface area contributed by atoms with Crippen LogP contribution in [0.15, 0.2) is 82.7 Å². The lowest BCUT2D eigenvalue weighted by Crippen LogP contribution is -2.26. The van der Waals surface area contributed by atoms with Crippen molar-refractivity contribution in [2.24, 2.45) is 5.73 Å². The Balaban J connectivity index is 1.46. The molecule has 268 valence electrons. The summed E-state index contributed by atoms with van der Waals surface area (Å²) in [6.07, 6.45) is -1.92. The molecule has 1 amide bonds. The van der Waals surface area contributed by atoms with E-state index in [2.05, 4.69) is 5.32 Å². The Morgan fingerprint density at radius 2 is 1.64 bits per heavy atom. The van der Waals surface area contributed by atoms with Crippen molar-refractivity contribution in [2.45, 2.75) is 69.3 Å². The highest BCUT2D eigenvalue weighted by Gasteiger charge is 2.32. The second-order valence-corrected chi connectivity index (χ2v) is 15.5. The van der Waals surface area contributed by atoms with E-state index < -0.39 is 25.8 Å². The minimum Gasteiger partial charge on any atom is -0.464 e. The van der Waals surface area contributed by atoms with Gasteiger partial charge in [0, 0.05) is 34.6 Å². The maximum atomic E-state index is 13.7. The third-order valence-electron chi connectivity index (χ3n) is 7.15. The molecule has 1 aromatic heterocycles. The van der Waals surface area contributed by atoms with Gasteiger partial charge in [-0.1, -0.05) is 91.3 Å². The van der Waals surface area contributed by atoms with Gasteiger partial charge >= 0.3 is 19.7 Å². The molecule has 2 atom stereocenters. The van der Waals surface area contributed by atoms with Gasteiger partial charge in [-0.25, -0.2) is 19.1 Å². The highest BCUT2D eigenvalue weighted by atomic mass is 35.5. The lowest BCUT2D eigenvalue weighted by Gasteiger charge is -2.22. The molecule has 0 spiro atoms. The van der Waals surface area contributed by atoms with Crippen molar-refractivity contribution >= 4 is 54.6 Å². The number of halogens is 2. The lowest BCUT2D eigenvalue weighted by atomic mass is 10.1. The van der Waals surface area contributed by atoms with E-state index in [0.29, 0.717) is 41.3 Å². The maximum absolute atomic E-state index is 13.7. The number of ether oxygens (including phenoxy) is 2. The first-order valence-electron chi connectivity index (χ1n) is 16.0. The number of imidazole rings is 1. The molecule has 0 aliphatic carbocycles. The summed E-state index contributed by atoms with van der Waals surface area (Å²) < 4.78 is 37.3. The zero-order valence-electron chi connectivity index (χ0n) is 28.3. The second-order valence-electron chi connectivity index (χ2n) is 11.5. The number of nitrogens with one attached hydrogen (secondary N) is 1. The van der Waals surface area contributed by atoms with Crippen molar-refractivity contribution in [3.05, 3.63) is 105 Å². The summed E-state index contributed by atoms with van der Waals surface area (Å²) in [6, 6.07) is 22.0. The van der Waals surface area contributed by atoms with Crippen molar-refractivity contribution < 1.29 is 32.7 Å². The van der Waals surface area contributed by atoms with Crippen LogP contribution in [0.5, 0.6) is 5.75 Å². The number of esters is 1. The first-order chi connectivity index (χ1) is 23.9. The van der Waals surface area contributed by atoms with Crippen LogP contribution >= 0.6 is 42.6 Å². The third-order valence-corrected chi connectivity index (χ3v) is 10.6. The molecule has 0 aliphatic rings. The van der Waals surface area contributed by atoms with Crippen molar-refractivity contribution in [1.82, 2.24) is 14.9 Å². The Bertz CT molecular complexity index is 1770. The number of hydrogen-bond donors (Lipinski definition) is 2. The fourth-order valence-corrected chi connectivity index (χ4v) is 8.39. The van der Waals surface area contributed by atoms with Crippen molar-refractivity contribution in [3.8, 4) is 5.75 Å². The molecule has 3 aromatic carbocycles. The van der Waals surface area contributed by atoms with E-state index in [1.165, 1.54) is 18.7 Å². The Hall–Kier alpha value is -3.51. The van der Waals surface area contributed by atoms with Gasteiger partial charge in [0.05, 0.1) is 18.5 Å². The number of benzene rings is 3. The molecule has 0 fully saturated rings. The Morgan fingerprint density at radius 1 is 0.980 bits per heavy atom. The summed E-state index contributed by atoms with van der Waals surface area (Å²) in [6.45, 7) is 8.58. The van der Waals surface area contributed by atoms with Crippen LogP contribution in [-0.4, -0.2) is 47.0 Å². The van der Waals surface area contributed by atoms with Gasteiger partial charge in [0.2, 0.25) is 0 Å². The van der Waals surface area contributed by atoms with E-state index in [0.717, 1.165) is 26.7 Å². The number of para-hydroxylation sites is 1. The van der Waals surface area contributed by atoms with Gasteiger partial charge < -0.3 is 29.6 Å². The minimum absolute atomic E-state index is 0.0248. The monoisotopic (exact) mass is 762 g/mol. The number of carbonyl (C=O) groups excluding carboxylic acids is 2. The van der Waals surface area contributed by atoms with Gasteiger partial charge in [-0.15, -0.1) is 0 Å². The second kappa shape index (κ2) is 18.6. The number of hydrogen-bond acceptors (Lipinski definition) is 10. The van der Waals surface area contributed by atoms with Gasteiger partial charge in [0.1, 0.15) is 16.6 Å². The Labute approximate surface area is 306 Å². The maximum Gasteiger partial charge on any atom is 0.404 e. The van der Waals surface area contributed by atoms with Gasteiger partial charge in [-0.2, -0.15) is 0 Å². The van der Waals surface area contributed by atoms with E-state index in [9.17, 15) is 14.2 Å². The molecule has 0 radical (unpaired) electrons. The molecule has 4 aromatic rings. The molecule has 50 heavy (non-hydrogen) atoms. The SMILES string of the molecule is CCOC(=O)[C@H](C)OP(=O)(CCNCc1ccc(Cn2c(COC(N)=O)nc(C(C)C)c2Sc2cc(Cl)cc(Cl)c2)cc1)Oc1ccccc1. The van der Waals surface area contributed by atoms with Gasteiger partial charge in [-0.05, 0) is 61.2 Å². The highest BCUT2D eigenvalue weighted by Crippen LogP contribution is 2.49. The predicted octanol–water partition coefficient (Wildman–Crippen LogP) is 8.44.